The van der Waals surface area contributed by atoms with Gasteiger partial charge < -0.3 is 67.9 Å². The molecule has 492 valence electrons. The number of ketones is 1. The van der Waals surface area contributed by atoms with Crippen LogP contribution in [-0.2, 0) is 52.7 Å². The Morgan fingerprint density at radius 3 is 1.69 bits per heavy atom. The molecule has 0 bridgehead atoms. The summed E-state index contributed by atoms with van der Waals surface area (Å²) in [5, 5.41) is 46.7. The van der Waals surface area contributed by atoms with Crippen LogP contribution < -0.4 is 47.9 Å². The minimum absolute atomic E-state index is 0.00837. The van der Waals surface area contributed by atoms with E-state index in [1.807, 2.05) is 74.4 Å². The molecule has 1 saturated heterocycles. The van der Waals surface area contributed by atoms with Gasteiger partial charge in [0.2, 0.25) is 59.1 Å². The number of amides is 10. The summed E-state index contributed by atoms with van der Waals surface area (Å²) >= 11 is 0. The second kappa shape index (κ2) is 35.7. The summed E-state index contributed by atoms with van der Waals surface area (Å²) in [7, 11) is 3.77. The Morgan fingerprint density at radius 1 is 0.628 bits per heavy atom. The van der Waals surface area contributed by atoms with Gasteiger partial charge in [0.1, 0.15) is 52.6 Å². The van der Waals surface area contributed by atoms with Crippen LogP contribution in [0.5, 0.6) is 0 Å². The van der Waals surface area contributed by atoms with Crippen molar-refractivity contribution in [3.8, 4) is 0 Å². The van der Waals surface area contributed by atoms with Crippen molar-refractivity contribution in [3.05, 3.63) is 12.2 Å². The van der Waals surface area contributed by atoms with Crippen molar-refractivity contribution < 1.29 is 63.0 Å². The molecule has 11 N–H and O–H groups in total. The third kappa shape index (κ3) is 27.4. The first kappa shape index (κ1) is 78.0. The van der Waals surface area contributed by atoms with E-state index in [0.717, 1.165) is 6.42 Å². The topological polar surface area (TPSA) is 343 Å². The first-order valence-electron chi connectivity index (χ1n) is 30.8. The van der Waals surface area contributed by atoms with Crippen molar-refractivity contribution in [1.82, 2.24) is 57.7 Å². The van der Waals surface area contributed by atoms with E-state index >= 15 is 0 Å². The van der Waals surface area contributed by atoms with E-state index in [1.54, 1.807) is 33.8 Å². The smallest absolute Gasteiger partial charge is 0.246 e. The van der Waals surface area contributed by atoms with Crippen molar-refractivity contribution in [3.63, 3.8) is 0 Å². The summed E-state index contributed by atoms with van der Waals surface area (Å²) in [5.41, 5.74) is -4.93. The number of hydrogen-bond acceptors (Lipinski definition) is 14. The monoisotopic (exact) mass is 1220 g/mol. The van der Waals surface area contributed by atoms with Crippen molar-refractivity contribution in [2.45, 2.75) is 247 Å². The molecule has 1 aliphatic rings. The molecule has 24 heteroatoms. The molecular formula is C62H111N11O13. The number of nitrogens with zero attached hydrogens (tertiary/aromatic N) is 2. The van der Waals surface area contributed by atoms with Crippen LogP contribution in [0.25, 0.3) is 0 Å². The lowest BCUT2D eigenvalue weighted by Crippen LogP contribution is -2.66. The minimum Gasteiger partial charge on any atom is -0.393 e. The fraction of sp³-hybridized carbons (Fsp3) is 0.790. The Balaban J connectivity index is 3.44. The van der Waals surface area contributed by atoms with E-state index in [-0.39, 0.29) is 98.8 Å². The lowest BCUT2D eigenvalue weighted by Gasteiger charge is -2.34. The number of nitrogens with one attached hydrogen (secondary N) is 9. The van der Waals surface area contributed by atoms with Gasteiger partial charge in [-0.25, -0.2) is 0 Å². The van der Waals surface area contributed by atoms with Gasteiger partial charge in [0.05, 0.1) is 12.2 Å². The van der Waals surface area contributed by atoms with Gasteiger partial charge in [-0.2, -0.15) is 0 Å². The Kier molecular flexibility index (Phi) is 32.4. The molecule has 0 aliphatic carbocycles. The van der Waals surface area contributed by atoms with Crippen LogP contribution >= 0.6 is 0 Å². The normalized spacial score (nSPS) is 18.0. The molecule has 86 heavy (non-hydrogen) atoms. The summed E-state index contributed by atoms with van der Waals surface area (Å²) in [6.45, 7) is 31.1. The molecule has 1 aliphatic heterocycles. The molecule has 10 amide bonds. The summed E-state index contributed by atoms with van der Waals surface area (Å²) in [6.07, 6.45) is 2.07. The highest BCUT2D eigenvalue weighted by molar-refractivity contribution is 6.00. The number of Topliss-reactive ketones (excluding diaryl/α,β-unsaturated/α-hetero) is 1. The highest BCUT2D eigenvalue weighted by Crippen LogP contribution is 2.25. The lowest BCUT2D eigenvalue weighted by atomic mass is 9.92. The van der Waals surface area contributed by atoms with E-state index < -0.39 is 118 Å². The third-order valence-corrected chi connectivity index (χ3v) is 15.1. The number of rotatable bonds is 37. The van der Waals surface area contributed by atoms with E-state index in [9.17, 15) is 63.0 Å². The maximum atomic E-state index is 14.6. The van der Waals surface area contributed by atoms with E-state index in [0.29, 0.717) is 19.5 Å². The SMILES string of the molecule is CCC(=O)CC(O)C[C@H](C)CC(NC(=O)C1C[C@@H](C)CN1C(=O)/C=C/[C@@H](C)CC)C(=O)NC(C(=O)NC(C)(C)C(=O)NC(CC(C)C)C(=O)NC(CC(C)C)C(=O)NC(C)(C)C(=O)NC(C)(C)C(=O)NCCC(=O)NC(C)CN(C)C)C(O)C(C)C. The number of carbonyl (C=O) groups excluding carboxylic acids is 11. The van der Waals surface area contributed by atoms with Crippen LogP contribution in [0.2, 0.25) is 0 Å². The van der Waals surface area contributed by atoms with Gasteiger partial charge >= 0.3 is 0 Å². The number of allylic oxidation sites excluding steroid dienone is 1. The Hall–Kier alpha value is -6.01. The van der Waals surface area contributed by atoms with Gasteiger partial charge in [-0.05, 0) is 136 Å². The Labute approximate surface area is 512 Å². The third-order valence-electron chi connectivity index (χ3n) is 15.1. The number of hydrogen-bond donors (Lipinski definition) is 11. The fourth-order valence-electron chi connectivity index (χ4n) is 9.77. The van der Waals surface area contributed by atoms with Crippen LogP contribution in [0.1, 0.15) is 182 Å². The summed E-state index contributed by atoms with van der Waals surface area (Å²) in [5.74, 6) is -8.25. The van der Waals surface area contributed by atoms with Gasteiger partial charge in [-0.3, -0.25) is 52.7 Å². The van der Waals surface area contributed by atoms with Crippen LogP contribution in [0, 0.1) is 35.5 Å². The largest absolute Gasteiger partial charge is 0.393 e. The number of likely N-dealkylation sites (tertiary alicyclic amines) is 1. The zero-order valence-corrected chi connectivity index (χ0v) is 55.5. The fourth-order valence-corrected chi connectivity index (χ4v) is 9.77. The quantitative estimate of drug-likeness (QED) is 0.0398. The molecule has 1 heterocycles. The Bertz CT molecular complexity index is 2340. The van der Waals surface area contributed by atoms with Gasteiger partial charge in [-0.1, -0.05) is 88.7 Å². The molecule has 24 nitrogen and oxygen atoms in total. The predicted molar refractivity (Wildman–Crippen MR) is 330 cm³/mol. The standard InChI is InChI=1S/C62H111N11O13/c1-21-38(9)23-24-49(77)73-33-40(11)31-47(73)55(82)66-46(30-39(10)29-43(75)32-42(74)22-2)53(80)68-50(51(78)37(7)8)56(83)70-61(15,16)58(85)67-44(27-35(3)4)52(79)65-45(28-36(5)6)54(81)69-62(17,18)59(86)71-60(13,14)57(84)63-26-25-48(76)64-41(12)34-72(19)20/h23-24,35-41,43-47,50-51,75,78H,21-22,25-34H2,1-20H3,(H,63,84)(H,64,76)(H,65,79)(H,66,82)(H,67,85)(H,68,80)(H,69,81)(H,70,83)(H,71,86)/b24-23+/t38-,39-,40+,41?,43?,44?,45?,46?,47?,50?,51?/m0/s1. The van der Waals surface area contributed by atoms with Crippen molar-refractivity contribution in [2.24, 2.45) is 35.5 Å². The van der Waals surface area contributed by atoms with Gasteiger partial charge in [0, 0.05) is 44.9 Å². The Morgan fingerprint density at radius 2 is 1.15 bits per heavy atom. The average molecular weight is 1220 g/mol. The zero-order valence-electron chi connectivity index (χ0n) is 55.5. The first-order chi connectivity index (χ1) is 39.6. The molecule has 1 rings (SSSR count). The highest BCUT2D eigenvalue weighted by atomic mass is 16.3. The second-order valence-electron chi connectivity index (χ2n) is 27.1. The number of carbonyl (C=O) groups is 11. The molecule has 8 unspecified atom stereocenters. The first-order valence-corrected chi connectivity index (χ1v) is 30.8. The summed E-state index contributed by atoms with van der Waals surface area (Å²) in [4.78, 5) is 154. The van der Waals surface area contributed by atoms with Gasteiger partial charge in [0.15, 0.2) is 0 Å². The lowest BCUT2D eigenvalue weighted by molar-refractivity contribution is -0.140. The minimum atomic E-state index is -1.82. The maximum Gasteiger partial charge on any atom is 0.246 e. The number of likely N-dealkylation sites (N-methyl/N-ethyl adjacent to an activating group) is 1. The van der Waals surface area contributed by atoms with Crippen LogP contribution in [0.4, 0.5) is 0 Å². The molecule has 0 spiro atoms. The molecule has 0 radical (unpaired) electrons. The van der Waals surface area contributed by atoms with E-state index in [1.165, 1.54) is 52.5 Å². The van der Waals surface area contributed by atoms with Gasteiger partial charge in [0.25, 0.3) is 0 Å². The predicted octanol–water partition coefficient (Wildman–Crippen LogP) is 2.28. The number of aliphatic hydroxyl groups excluding tert-OH is 2. The van der Waals surface area contributed by atoms with Crippen molar-refractivity contribution >= 4 is 64.9 Å². The van der Waals surface area contributed by atoms with E-state index in [2.05, 4.69) is 47.9 Å². The van der Waals surface area contributed by atoms with Crippen molar-refractivity contribution in [2.75, 3.05) is 33.7 Å². The summed E-state index contributed by atoms with van der Waals surface area (Å²) < 4.78 is 0. The van der Waals surface area contributed by atoms with Crippen LogP contribution in [-0.4, -0.2) is 184 Å². The molecular weight excluding hydrogens is 1110 g/mol. The molecule has 0 aromatic rings. The molecule has 0 aromatic heterocycles. The zero-order chi connectivity index (χ0) is 66.4. The summed E-state index contributed by atoms with van der Waals surface area (Å²) in [6, 6.07) is -6.61. The molecule has 1 fully saturated rings. The number of aliphatic hydroxyl groups is 2. The van der Waals surface area contributed by atoms with Crippen LogP contribution in [0.15, 0.2) is 12.2 Å². The molecule has 11 atom stereocenters. The van der Waals surface area contributed by atoms with E-state index in [4.69, 9.17) is 0 Å². The second-order valence-corrected chi connectivity index (χ2v) is 27.1. The molecule has 0 saturated carbocycles. The van der Waals surface area contributed by atoms with Crippen LogP contribution in [0.3, 0.4) is 0 Å². The highest BCUT2D eigenvalue weighted by Gasteiger charge is 2.43. The van der Waals surface area contributed by atoms with Gasteiger partial charge in [-0.15, -0.1) is 0 Å². The van der Waals surface area contributed by atoms with Crippen molar-refractivity contribution in [1.29, 1.82) is 0 Å². The maximum absolute atomic E-state index is 14.6. The average Bonchev–Trinajstić information content (AvgIpc) is 3.94. The molecule has 0 aromatic carbocycles.